The van der Waals surface area contributed by atoms with Crippen molar-refractivity contribution >= 4 is 11.9 Å². The lowest BCUT2D eigenvalue weighted by atomic mass is 9.86. The van der Waals surface area contributed by atoms with E-state index in [0.717, 1.165) is 31.6 Å². The van der Waals surface area contributed by atoms with Gasteiger partial charge in [-0.25, -0.2) is 4.79 Å². The summed E-state index contributed by atoms with van der Waals surface area (Å²) in [5.74, 6) is 0.498. The minimum atomic E-state index is -1.05. The molecular weight excluding hydrogens is 346 g/mol. The first-order valence-corrected chi connectivity index (χ1v) is 9.93. The van der Waals surface area contributed by atoms with Gasteiger partial charge >= 0.3 is 5.97 Å². The number of carboxylic acids is 1. The molecule has 1 amide bonds. The second-order valence-electron chi connectivity index (χ2n) is 7.63. The van der Waals surface area contributed by atoms with Crippen molar-refractivity contribution < 1.29 is 24.2 Å². The van der Waals surface area contributed by atoms with Crippen molar-refractivity contribution in [2.24, 2.45) is 5.92 Å². The van der Waals surface area contributed by atoms with Crippen molar-refractivity contribution in [2.75, 3.05) is 13.2 Å². The van der Waals surface area contributed by atoms with Crippen molar-refractivity contribution in [3.8, 4) is 11.5 Å². The predicted molar refractivity (Wildman–Crippen MR) is 101 cm³/mol. The Morgan fingerprint density at radius 2 is 1.67 bits per heavy atom. The van der Waals surface area contributed by atoms with Gasteiger partial charge in [-0.2, -0.15) is 0 Å². The summed E-state index contributed by atoms with van der Waals surface area (Å²) in [5, 5.41) is 8.82. The maximum absolute atomic E-state index is 13.3. The third-order valence-corrected chi connectivity index (χ3v) is 5.40. The van der Waals surface area contributed by atoms with E-state index in [1.54, 1.807) is 18.2 Å². The van der Waals surface area contributed by atoms with Crippen LogP contribution in [0, 0.1) is 5.92 Å². The Bertz CT molecular complexity index is 677. The summed E-state index contributed by atoms with van der Waals surface area (Å²) >= 11 is 0. The highest BCUT2D eigenvalue weighted by molar-refractivity contribution is 5.95. The van der Waals surface area contributed by atoms with Gasteiger partial charge < -0.3 is 19.5 Å². The summed E-state index contributed by atoms with van der Waals surface area (Å²) < 4.78 is 10.9. The highest BCUT2D eigenvalue weighted by atomic mass is 16.5. The Balaban J connectivity index is 1.79. The zero-order valence-electron chi connectivity index (χ0n) is 16.1. The molecule has 0 radical (unpaired) electrons. The molecule has 2 saturated carbocycles. The van der Waals surface area contributed by atoms with E-state index < -0.39 is 12.6 Å². The topological polar surface area (TPSA) is 76.1 Å². The smallest absolute Gasteiger partial charge is 0.341 e. The van der Waals surface area contributed by atoms with E-state index in [4.69, 9.17) is 14.6 Å². The second kappa shape index (κ2) is 8.63. The van der Waals surface area contributed by atoms with Crippen LogP contribution in [-0.2, 0) is 4.79 Å². The SMILES string of the molecule is CCOc1cc(C(=O)N(C2CCC(C)CC2)C2CC2)ccc1OCC(=O)O. The largest absolute Gasteiger partial charge is 0.490 e. The summed E-state index contributed by atoms with van der Waals surface area (Å²) in [6.45, 7) is 4.09. The number of rotatable bonds is 8. The van der Waals surface area contributed by atoms with Crippen LogP contribution in [0.2, 0.25) is 0 Å². The van der Waals surface area contributed by atoms with Crippen LogP contribution < -0.4 is 9.47 Å². The van der Waals surface area contributed by atoms with Gasteiger partial charge in [0.25, 0.3) is 5.91 Å². The van der Waals surface area contributed by atoms with Gasteiger partial charge in [0.15, 0.2) is 18.1 Å². The molecule has 148 valence electrons. The van der Waals surface area contributed by atoms with Gasteiger partial charge in [0, 0.05) is 17.6 Å². The van der Waals surface area contributed by atoms with Crippen LogP contribution in [0.1, 0.15) is 62.7 Å². The molecule has 0 atom stereocenters. The average Bonchev–Trinajstić information content (AvgIpc) is 3.47. The molecule has 2 aliphatic carbocycles. The maximum atomic E-state index is 13.3. The van der Waals surface area contributed by atoms with Crippen LogP contribution >= 0.6 is 0 Å². The monoisotopic (exact) mass is 375 g/mol. The molecule has 0 unspecified atom stereocenters. The van der Waals surface area contributed by atoms with E-state index in [-0.39, 0.29) is 5.91 Å². The van der Waals surface area contributed by atoms with E-state index in [1.165, 1.54) is 12.8 Å². The van der Waals surface area contributed by atoms with Gasteiger partial charge in [0.2, 0.25) is 0 Å². The molecule has 3 rings (SSSR count). The average molecular weight is 375 g/mol. The molecule has 0 aliphatic heterocycles. The molecular formula is C21H29NO5. The van der Waals surface area contributed by atoms with E-state index in [2.05, 4.69) is 11.8 Å². The van der Waals surface area contributed by atoms with Gasteiger partial charge in [0.05, 0.1) is 6.61 Å². The maximum Gasteiger partial charge on any atom is 0.341 e. The van der Waals surface area contributed by atoms with Crippen molar-refractivity contribution in [3.05, 3.63) is 23.8 Å². The number of hydrogen-bond acceptors (Lipinski definition) is 4. The number of amides is 1. The Morgan fingerprint density at radius 3 is 2.22 bits per heavy atom. The molecule has 27 heavy (non-hydrogen) atoms. The predicted octanol–water partition coefficient (Wildman–Crippen LogP) is 3.73. The molecule has 0 heterocycles. The highest BCUT2D eigenvalue weighted by Crippen LogP contribution is 2.37. The molecule has 0 bridgehead atoms. The summed E-state index contributed by atoms with van der Waals surface area (Å²) in [6.07, 6.45) is 6.65. The van der Waals surface area contributed by atoms with Crippen molar-refractivity contribution in [3.63, 3.8) is 0 Å². The number of carbonyl (C=O) groups is 2. The third kappa shape index (κ3) is 4.93. The van der Waals surface area contributed by atoms with Crippen molar-refractivity contribution in [1.82, 2.24) is 4.90 Å². The lowest BCUT2D eigenvalue weighted by Gasteiger charge is -2.36. The minimum Gasteiger partial charge on any atom is -0.490 e. The zero-order valence-corrected chi connectivity index (χ0v) is 16.1. The molecule has 1 aromatic carbocycles. The summed E-state index contributed by atoms with van der Waals surface area (Å²) in [4.78, 5) is 26.1. The Morgan fingerprint density at radius 1 is 1.04 bits per heavy atom. The summed E-state index contributed by atoms with van der Waals surface area (Å²) in [6, 6.07) is 5.70. The number of nitrogens with zero attached hydrogens (tertiary/aromatic N) is 1. The number of aliphatic carboxylic acids is 1. The lowest BCUT2D eigenvalue weighted by Crippen LogP contribution is -2.43. The van der Waals surface area contributed by atoms with E-state index in [1.807, 2.05) is 6.92 Å². The number of ether oxygens (including phenoxy) is 2. The number of carbonyl (C=O) groups excluding carboxylic acids is 1. The van der Waals surface area contributed by atoms with Crippen LogP contribution in [0.4, 0.5) is 0 Å². The van der Waals surface area contributed by atoms with Gasteiger partial charge in [-0.15, -0.1) is 0 Å². The fraction of sp³-hybridized carbons (Fsp3) is 0.619. The van der Waals surface area contributed by atoms with Crippen LogP contribution in [0.15, 0.2) is 18.2 Å². The number of hydrogen-bond donors (Lipinski definition) is 1. The van der Waals surface area contributed by atoms with Crippen LogP contribution in [0.5, 0.6) is 11.5 Å². The van der Waals surface area contributed by atoms with Gasteiger partial charge in [-0.05, 0) is 69.6 Å². The molecule has 1 N–H and O–H groups in total. The Hall–Kier alpha value is -2.24. The normalized spacial score (nSPS) is 22.1. The molecule has 2 aliphatic rings. The van der Waals surface area contributed by atoms with Crippen LogP contribution in [0.25, 0.3) is 0 Å². The zero-order chi connectivity index (χ0) is 19.4. The first kappa shape index (κ1) is 19.5. The second-order valence-corrected chi connectivity index (χ2v) is 7.63. The Labute approximate surface area is 160 Å². The molecule has 1 aromatic rings. The van der Waals surface area contributed by atoms with Crippen molar-refractivity contribution in [2.45, 2.75) is 64.5 Å². The van der Waals surface area contributed by atoms with Crippen molar-refractivity contribution in [1.29, 1.82) is 0 Å². The molecule has 2 fully saturated rings. The van der Waals surface area contributed by atoms with Gasteiger partial charge in [-0.3, -0.25) is 4.79 Å². The minimum absolute atomic E-state index is 0.0443. The quantitative estimate of drug-likeness (QED) is 0.749. The van der Waals surface area contributed by atoms with Crippen LogP contribution in [-0.4, -0.2) is 47.2 Å². The first-order chi connectivity index (χ1) is 13.0. The van der Waals surface area contributed by atoms with E-state index in [0.29, 0.717) is 35.8 Å². The van der Waals surface area contributed by atoms with Crippen LogP contribution in [0.3, 0.4) is 0 Å². The standard InChI is InChI=1S/C21H29NO5/c1-3-26-19-12-15(6-11-18(19)27-13-20(23)24)21(25)22(17-9-10-17)16-7-4-14(2)5-8-16/h6,11-12,14,16-17H,3-5,7-10,13H2,1-2H3,(H,23,24). The summed E-state index contributed by atoms with van der Waals surface area (Å²) in [7, 11) is 0. The fourth-order valence-electron chi connectivity index (χ4n) is 3.82. The first-order valence-electron chi connectivity index (χ1n) is 9.93. The fourth-order valence-corrected chi connectivity index (χ4v) is 3.82. The van der Waals surface area contributed by atoms with E-state index in [9.17, 15) is 9.59 Å². The lowest BCUT2D eigenvalue weighted by molar-refractivity contribution is -0.139. The van der Waals surface area contributed by atoms with E-state index >= 15 is 0 Å². The van der Waals surface area contributed by atoms with Gasteiger partial charge in [0.1, 0.15) is 0 Å². The molecule has 6 heteroatoms. The summed E-state index contributed by atoms with van der Waals surface area (Å²) in [5.41, 5.74) is 0.576. The molecule has 0 saturated heterocycles. The molecule has 6 nitrogen and oxygen atoms in total. The number of carboxylic acid groups (broad SMARTS) is 1. The Kier molecular flexibility index (Phi) is 6.24. The highest BCUT2D eigenvalue weighted by Gasteiger charge is 2.39. The molecule has 0 spiro atoms. The molecule has 0 aromatic heterocycles. The van der Waals surface area contributed by atoms with Gasteiger partial charge in [-0.1, -0.05) is 6.92 Å². The number of benzene rings is 1. The third-order valence-electron chi connectivity index (χ3n) is 5.40.